The summed E-state index contributed by atoms with van der Waals surface area (Å²) >= 11 is 0. The molecule has 5 heteroatoms. The van der Waals surface area contributed by atoms with Gasteiger partial charge >= 0.3 is 0 Å². The van der Waals surface area contributed by atoms with E-state index in [0.717, 1.165) is 16.9 Å². The van der Waals surface area contributed by atoms with Crippen molar-refractivity contribution in [2.45, 2.75) is 25.9 Å². The normalized spacial score (nSPS) is 18.2. The number of nitrogens with zero attached hydrogens (tertiary/aromatic N) is 2. The summed E-state index contributed by atoms with van der Waals surface area (Å²) in [6.07, 6.45) is 2.31. The number of anilines is 1. The SMILES string of the molecule is Cc1[nH]ncc1CNC1CC(=O)N(C)c2ccccc21. The van der Waals surface area contributed by atoms with Crippen LogP contribution in [0.1, 0.15) is 29.3 Å². The van der Waals surface area contributed by atoms with E-state index in [1.165, 1.54) is 5.56 Å². The lowest BCUT2D eigenvalue weighted by atomic mass is 9.96. The van der Waals surface area contributed by atoms with Crippen molar-refractivity contribution in [3.8, 4) is 0 Å². The smallest absolute Gasteiger partial charge is 0.228 e. The van der Waals surface area contributed by atoms with Gasteiger partial charge in [0.15, 0.2) is 0 Å². The number of carbonyl (C=O) groups is 1. The summed E-state index contributed by atoms with van der Waals surface area (Å²) in [6.45, 7) is 2.70. The third kappa shape index (κ3) is 2.20. The van der Waals surface area contributed by atoms with Crippen LogP contribution in [0.2, 0.25) is 0 Å². The van der Waals surface area contributed by atoms with Gasteiger partial charge in [-0.15, -0.1) is 0 Å². The minimum Gasteiger partial charge on any atom is -0.315 e. The summed E-state index contributed by atoms with van der Waals surface area (Å²) in [5, 5.41) is 10.4. The van der Waals surface area contributed by atoms with Gasteiger partial charge in [0.1, 0.15) is 0 Å². The molecule has 104 valence electrons. The van der Waals surface area contributed by atoms with E-state index in [2.05, 4.69) is 21.6 Å². The number of benzene rings is 1. The van der Waals surface area contributed by atoms with Gasteiger partial charge in [0, 0.05) is 43.0 Å². The van der Waals surface area contributed by atoms with E-state index in [1.54, 1.807) is 4.90 Å². The fraction of sp³-hybridized carbons (Fsp3) is 0.333. The number of carbonyl (C=O) groups excluding carboxylic acids is 1. The molecule has 1 aromatic carbocycles. The number of para-hydroxylation sites is 1. The highest BCUT2D eigenvalue weighted by Gasteiger charge is 2.28. The zero-order valence-corrected chi connectivity index (χ0v) is 11.7. The molecule has 2 heterocycles. The topological polar surface area (TPSA) is 61.0 Å². The lowest BCUT2D eigenvalue weighted by Crippen LogP contribution is -2.37. The molecule has 5 nitrogen and oxygen atoms in total. The van der Waals surface area contributed by atoms with Crippen molar-refractivity contribution in [2.75, 3.05) is 11.9 Å². The van der Waals surface area contributed by atoms with Crippen molar-refractivity contribution in [1.82, 2.24) is 15.5 Å². The highest BCUT2D eigenvalue weighted by Crippen LogP contribution is 2.33. The van der Waals surface area contributed by atoms with Crippen molar-refractivity contribution >= 4 is 11.6 Å². The van der Waals surface area contributed by atoms with Gasteiger partial charge in [0.05, 0.1) is 6.20 Å². The summed E-state index contributed by atoms with van der Waals surface area (Å²) < 4.78 is 0. The highest BCUT2D eigenvalue weighted by molar-refractivity contribution is 5.96. The number of H-pyrrole nitrogens is 1. The molecule has 0 spiro atoms. The number of hydrogen-bond donors (Lipinski definition) is 2. The van der Waals surface area contributed by atoms with Crippen molar-refractivity contribution in [3.63, 3.8) is 0 Å². The Kier molecular flexibility index (Phi) is 3.28. The minimum absolute atomic E-state index is 0.0594. The molecule has 0 bridgehead atoms. The fourth-order valence-electron chi connectivity index (χ4n) is 2.61. The van der Waals surface area contributed by atoms with Crippen LogP contribution in [0.4, 0.5) is 5.69 Å². The molecule has 0 fully saturated rings. The van der Waals surface area contributed by atoms with E-state index in [-0.39, 0.29) is 11.9 Å². The molecule has 1 aromatic heterocycles. The maximum absolute atomic E-state index is 12.1. The predicted octanol–water partition coefficient (Wildman–Crippen LogP) is 1.92. The number of aryl methyl sites for hydroxylation is 1. The first-order chi connectivity index (χ1) is 9.66. The van der Waals surface area contributed by atoms with Crippen LogP contribution < -0.4 is 10.2 Å². The van der Waals surface area contributed by atoms with E-state index >= 15 is 0 Å². The second kappa shape index (κ2) is 5.09. The number of nitrogens with one attached hydrogen (secondary N) is 2. The van der Waals surface area contributed by atoms with Crippen LogP contribution in [-0.4, -0.2) is 23.2 Å². The molecule has 1 aliphatic heterocycles. The van der Waals surface area contributed by atoms with Crippen LogP contribution in [0.3, 0.4) is 0 Å². The molecule has 0 radical (unpaired) electrons. The van der Waals surface area contributed by atoms with E-state index in [0.29, 0.717) is 13.0 Å². The highest BCUT2D eigenvalue weighted by atomic mass is 16.2. The summed E-state index contributed by atoms with van der Waals surface area (Å²) in [7, 11) is 1.83. The zero-order chi connectivity index (χ0) is 14.1. The first-order valence-corrected chi connectivity index (χ1v) is 6.74. The molecule has 3 rings (SSSR count). The van der Waals surface area contributed by atoms with Gasteiger partial charge in [-0.05, 0) is 18.6 Å². The van der Waals surface area contributed by atoms with Gasteiger partial charge < -0.3 is 10.2 Å². The molecule has 1 unspecified atom stereocenters. The first kappa shape index (κ1) is 12.9. The van der Waals surface area contributed by atoms with Crippen LogP contribution >= 0.6 is 0 Å². The first-order valence-electron chi connectivity index (χ1n) is 6.74. The molecular weight excluding hydrogens is 252 g/mol. The molecule has 1 atom stereocenters. The zero-order valence-electron chi connectivity index (χ0n) is 11.7. The third-order valence-electron chi connectivity index (χ3n) is 3.90. The Hall–Kier alpha value is -2.14. The van der Waals surface area contributed by atoms with Crippen LogP contribution in [-0.2, 0) is 11.3 Å². The Bertz CT molecular complexity index is 634. The van der Waals surface area contributed by atoms with Crippen LogP contribution in [0.25, 0.3) is 0 Å². The monoisotopic (exact) mass is 270 g/mol. The average Bonchev–Trinajstić information content (AvgIpc) is 2.87. The van der Waals surface area contributed by atoms with E-state index < -0.39 is 0 Å². The number of rotatable bonds is 3. The lowest BCUT2D eigenvalue weighted by molar-refractivity contribution is -0.119. The number of aromatic nitrogens is 2. The van der Waals surface area contributed by atoms with Crippen LogP contribution in [0.15, 0.2) is 30.5 Å². The Morgan fingerprint density at radius 2 is 2.25 bits per heavy atom. The van der Waals surface area contributed by atoms with Gasteiger partial charge in [0.2, 0.25) is 5.91 Å². The molecule has 1 aliphatic rings. The van der Waals surface area contributed by atoms with Gasteiger partial charge in [-0.2, -0.15) is 5.10 Å². The second-order valence-corrected chi connectivity index (χ2v) is 5.17. The van der Waals surface area contributed by atoms with E-state index in [9.17, 15) is 4.79 Å². The summed E-state index contributed by atoms with van der Waals surface area (Å²) in [6, 6.07) is 8.11. The molecule has 2 aromatic rings. The van der Waals surface area contributed by atoms with Gasteiger partial charge in [-0.25, -0.2) is 0 Å². The minimum atomic E-state index is 0.0594. The van der Waals surface area contributed by atoms with Crippen LogP contribution in [0.5, 0.6) is 0 Å². The third-order valence-corrected chi connectivity index (χ3v) is 3.90. The van der Waals surface area contributed by atoms with E-state index in [4.69, 9.17) is 0 Å². The Labute approximate surface area is 118 Å². The molecule has 1 amide bonds. The molecule has 0 saturated heterocycles. The van der Waals surface area contributed by atoms with Crippen molar-refractivity contribution in [2.24, 2.45) is 0 Å². The number of hydrogen-bond acceptors (Lipinski definition) is 3. The fourth-order valence-corrected chi connectivity index (χ4v) is 2.61. The lowest BCUT2D eigenvalue weighted by Gasteiger charge is -2.32. The van der Waals surface area contributed by atoms with Gasteiger partial charge in [-0.1, -0.05) is 18.2 Å². The maximum atomic E-state index is 12.1. The number of aromatic amines is 1. The Morgan fingerprint density at radius 3 is 3.00 bits per heavy atom. The van der Waals surface area contributed by atoms with E-state index in [1.807, 2.05) is 38.4 Å². The standard InChI is InChI=1S/C15H18N4O/c1-10-11(9-17-18-10)8-16-13-7-15(20)19(2)14-6-4-3-5-12(13)14/h3-6,9,13,16H,7-8H2,1-2H3,(H,17,18). The molecule has 0 aliphatic carbocycles. The number of fused-ring (bicyclic) bond motifs is 1. The van der Waals surface area contributed by atoms with Gasteiger partial charge in [-0.3, -0.25) is 9.89 Å². The van der Waals surface area contributed by atoms with Crippen molar-refractivity contribution in [1.29, 1.82) is 0 Å². The maximum Gasteiger partial charge on any atom is 0.228 e. The predicted molar refractivity (Wildman–Crippen MR) is 77.4 cm³/mol. The second-order valence-electron chi connectivity index (χ2n) is 5.17. The number of amides is 1. The summed E-state index contributed by atoms with van der Waals surface area (Å²) in [5.41, 5.74) is 4.36. The Balaban J connectivity index is 1.82. The molecule has 2 N–H and O–H groups in total. The molecule has 20 heavy (non-hydrogen) atoms. The average molecular weight is 270 g/mol. The molecule has 0 saturated carbocycles. The quantitative estimate of drug-likeness (QED) is 0.895. The van der Waals surface area contributed by atoms with Gasteiger partial charge in [0.25, 0.3) is 0 Å². The summed E-state index contributed by atoms with van der Waals surface area (Å²) in [4.78, 5) is 13.8. The largest absolute Gasteiger partial charge is 0.315 e. The van der Waals surface area contributed by atoms with Crippen molar-refractivity contribution < 1.29 is 4.79 Å². The summed E-state index contributed by atoms with van der Waals surface area (Å²) in [5.74, 6) is 0.144. The van der Waals surface area contributed by atoms with Crippen LogP contribution in [0, 0.1) is 6.92 Å². The van der Waals surface area contributed by atoms with Crippen molar-refractivity contribution in [3.05, 3.63) is 47.3 Å². The Morgan fingerprint density at radius 1 is 1.45 bits per heavy atom. The molecular formula is C15H18N4O.